The third-order valence-corrected chi connectivity index (χ3v) is 3.97. The standard InChI is InChI=1S/C15H26O7/c1-5-14(3,12(19)21-9-7-16)11(18)15(4,6-2)13(20)22-10-8-17/h16-17H,5-10H2,1-4H3. The molecule has 7 nitrogen and oxygen atoms in total. The second-order valence-electron chi connectivity index (χ2n) is 5.42. The lowest BCUT2D eigenvalue weighted by molar-refractivity contribution is -0.170. The Balaban J connectivity index is 5.42. The molecule has 0 aromatic heterocycles. The van der Waals surface area contributed by atoms with Gasteiger partial charge in [-0.2, -0.15) is 0 Å². The van der Waals surface area contributed by atoms with Crippen molar-refractivity contribution in [2.24, 2.45) is 10.8 Å². The summed E-state index contributed by atoms with van der Waals surface area (Å²) in [4.78, 5) is 37.1. The zero-order valence-corrected chi connectivity index (χ0v) is 13.7. The Hall–Kier alpha value is -1.47. The van der Waals surface area contributed by atoms with E-state index in [9.17, 15) is 14.4 Å². The molecular weight excluding hydrogens is 292 g/mol. The van der Waals surface area contributed by atoms with E-state index in [4.69, 9.17) is 19.7 Å². The summed E-state index contributed by atoms with van der Waals surface area (Å²) in [5, 5.41) is 17.4. The monoisotopic (exact) mass is 318 g/mol. The lowest BCUT2D eigenvalue weighted by atomic mass is 9.68. The first kappa shape index (κ1) is 20.5. The van der Waals surface area contributed by atoms with Crippen molar-refractivity contribution in [3.05, 3.63) is 0 Å². The number of aliphatic hydroxyl groups excluding tert-OH is 2. The molecule has 0 heterocycles. The lowest BCUT2D eigenvalue weighted by Crippen LogP contribution is -2.50. The van der Waals surface area contributed by atoms with Crippen molar-refractivity contribution in [2.75, 3.05) is 26.4 Å². The molecule has 0 aliphatic rings. The summed E-state index contributed by atoms with van der Waals surface area (Å²) >= 11 is 0. The van der Waals surface area contributed by atoms with Crippen molar-refractivity contribution in [3.8, 4) is 0 Å². The molecule has 0 aliphatic carbocycles. The van der Waals surface area contributed by atoms with Crippen LogP contribution < -0.4 is 0 Å². The van der Waals surface area contributed by atoms with E-state index in [2.05, 4.69) is 0 Å². The predicted molar refractivity (Wildman–Crippen MR) is 77.9 cm³/mol. The average Bonchev–Trinajstić information content (AvgIpc) is 2.54. The molecule has 2 unspecified atom stereocenters. The molecule has 0 aromatic carbocycles. The first-order valence-corrected chi connectivity index (χ1v) is 7.35. The molecule has 7 heteroatoms. The van der Waals surface area contributed by atoms with Gasteiger partial charge >= 0.3 is 11.9 Å². The molecule has 0 aromatic rings. The number of carbonyl (C=O) groups is 3. The maximum absolute atomic E-state index is 12.8. The third-order valence-electron chi connectivity index (χ3n) is 3.97. The van der Waals surface area contributed by atoms with E-state index in [1.54, 1.807) is 13.8 Å². The number of hydrogen-bond donors (Lipinski definition) is 2. The fourth-order valence-corrected chi connectivity index (χ4v) is 2.00. The second-order valence-corrected chi connectivity index (χ2v) is 5.42. The van der Waals surface area contributed by atoms with E-state index < -0.39 is 28.6 Å². The van der Waals surface area contributed by atoms with Crippen LogP contribution in [0, 0.1) is 10.8 Å². The fraction of sp³-hybridized carbons (Fsp3) is 0.800. The molecule has 0 saturated carbocycles. The number of ketones is 1. The predicted octanol–water partition coefficient (Wildman–Crippen LogP) is 0.459. The van der Waals surface area contributed by atoms with E-state index in [1.165, 1.54) is 13.8 Å². The van der Waals surface area contributed by atoms with E-state index in [0.717, 1.165) is 0 Å². The molecule has 2 atom stereocenters. The van der Waals surface area contributed by atoms with Gasteiger partial charge in [0.25, 0.3) is 0 Å². The Kier molecular flexibility index (Phi) is 8.26. The summed E-state index contributed by atoms with van der Waals surface area (Å²) in [6.07, 6.45) is 0.304. The van der Waals surface area contributed by atoms with Gasteiger partial charge in [0.2, 0.25) is 0 Å². The summed E-state index contributed by atoms with van der Waals surface area (Å²) in [6, 6.07) is 0. The van der Waals surface area contributed by atoms with Crippen LogP contribution in [0.5, 0.6) is 0 Å². The number of hydrogen-bond acceptors (Lipinski definition) is 7. The summed E-state index contributed by atoms with van der Waals surface area (Å²) in [5.74, 6) is -2.14. The minimum absolute atomic E-state index is 0.152. The largest absolute Gasteiger partial charge is 0.463 e. The van der Waals surface area contributed by atoms with Gasteiger partial charge in [0.1, 0.15) is 24.0 Å². The Labute approximate surface area is 130 Å². The van der Waals surface area contributed by atoms with Crippen LogP contribution in [0.1, 0.15) is 40.5 Å². The number of esters is 2. The van der Waals surface area contributed by atoms with Gasteiger partial charge < -0.3 is 19.7 Å². The van der Waals surface area contributed by atoms with Crippen LogP contribution in [0.15, 0.2) is 0 Å². The smallest absolute Gasteiger partial charge is 0.319 e. The first-order valence-electron chi connectivity index (χ1n) is 7.35. The van der Waals surface area contributed by atoms with Crippen molar-refractivity contribution < 1.29 is 34.1 Å². The van der Waals surface area contributed by atoms with Crippen LogP contribution >= 0.6 is 0 Å². The van der Waals surface area contributed by atoms with Crippen molar-refractivity contribution in [1.82, 2.24) is 0 Å². The van der Waals surface area contributed by atoms with Gasteiger partial charge in [0.15, 0.2) is 5.78 Å². The first-order chi connectivity index (χ1) is 10.2. The molecule has 0 amide bonds. The quantitative estimate of drug-likeness (QED) is 0.444. The Morgan fingerprint density at radius 3 is 1.36 bits per heavy atom. The van der Waals surface area contributed by atoms with E-state index in [-0.39, 0.29) is 39.3 Å². The Morgan fingerprint density at radius 1 is 0.818 bits per heavy atom. The third kappa shape index (κ3) is 4.27. The molecule has 0 aliphatic heterocycles. The average molecular weight is 318 g/mol. The maximum atomic E-state index is 12.8. The van der Waals surface area contributed by atoms with Gasteiger partial charge in [0, 0.05) is 0 Å². The molecule has 22 heavy (non-hydrogen) atoms. The zero-order chi connectivity index (χ0) is 17.4. The van der Waals surface area contributed by atoms with Crippen molar-refractivity contribution in [2.45, 2.75) is 40.5 Å². The second kappa shape index (κ2) is 8.85. The van der Waals surface area contributed by atoms with Crippen molar-refractivity contribution in [3.63, 3.8) is 0 Å². The topological polar surface area (TPSA) is 110 Å². The highest BCUT2D eigenvalue weighted by Gasteiger charge is 2.53. The van der Waals surface area contributed by atoms with E-state index in [1.807, 2.05) is 0 Å². The van der Waals surface area contributed by atoms with Gasteiger partial charge in [-0.15, -0.1) is 0 Å². The minimum Gasteiger partial charge on any atom is -0.463 e. The van der Waals surface area contributed by atoms with Gasteiger partial charge in [-0.05, 0) is 26.7 Å². The van der Waals surface area contributed by atoms with Crippen LogP contribution in [-0.4, -0.2) is 54.4 Å². The van der Waals surface area contributed by atoms with Gasteiger partial charge in [-0.1, -0.05) is 13.8 Å². The van der Waals surface area contributed by atoms with Gasteiger partial charge in [-0.3, -0.25) is 14.4 Å². The summed E-state index contributed by atoms with van der Waals surface area (Å²) in [5.41, 5.74) is -3.00. The molecule has 0 bridgehead atoms. The Morgan fingerprint density at radius 2 is 1.14 bits per heavy atom. The van der Waals surface area contributed by atoms with E-state index in [0.29, 0.717) is 0 Å². The van der Waals surface area contributed by atoms with Gasteiger partial charge in [-0.25, -0.2) is 0 Å². The Bertz CT molecular complexity index is 371. The molecule has 0 radical (unpaired) electrons. The number of carbonyl (C=O) groups excluding carboxylic acids is 3. The highest BCUT2D eigenvalue weighted by atomic mass is 16.5. The van der Waals surface area contributed by atoms with Crippen molar-refractivity contribution in [1.29, 1.82) is 0 Å². The summed E-state index contributed by atoms with van der Waals surface area (Å²) in [6.45, 7) is 5.02. The van der Waals surface area contributed by atoms with Crippen LogP contribution in [0.4, 0.5) is 0 Å². The SMILES string of the molecule is CCC(C)(C(=O)OCCO)C(=O)C(C)(CC)C(=O)OCCO. The molecule has 128 valence electrons. The molecule has 0 spiro atoms. The minimum atomic E-state index is -1.50. The van der Waals surface area contributed by atoms with Crippen LogP contribution in [0.25, 0.3) is 0 Å². The molecule has 2 N–H and O–H groups in total. The highest BCUT2D eigenvalue weighted by molar-refractivity contribution is 6.14. The van der Waals surface area contributed by atoms with E-state index >= 15 is 0 Å². The summed E-state index contributed by atoms with van der Waals surface area (Å²) in [7, 11) is 0. The highest BCUT2D eigenvalue weighted by Crippen LogP contribution is 2.37. The number of Topliss-reactive ketones (excluding diaryl/α,β-unsaturated/α-hetero) is 1. The summed E-state index contributed by atoms with van der Waals surface area (Å²) < 4.78 is 9.73. The lowest BCUT2D eigenvalue weighted by Gasteiger charge is -2.33. The number of ether oxygens (including phenoxy) is 2. The molecule has 0 rings (SSSR count). The molecule has 0 fully saturated rings. The maximum Gasteiger partial charge on any atom is 0.319 e. The number of aliphatic hydroxyl groups is 2. The van der Waals surface area contributed by atoms with Crippen LogP contribution in [0.3, 0.4) is 0 Å². The normalized spacial score (nSPS) is 16.3. The zero-order valence-electron chi connectivity index (χ0n) is 13.7. The van der Waals surface area contributed by atoms with Crippen LogP contribution in [-0.2, 0) is 23.9 Å². The molecular formula is C15H26O7. The molecule has 0 saturated heterocycles. The fourth-order valence-electron chi connectivity index (χ4n) is 2.00. The van der Waals surface area contributed by atoms with Crippen molar-refractivity contribution >= 4 is 17.7 Å². The number of rotatable bonds is 10. The van der Waals surface area contributed by atoms with Crippen LogP contribution in [0.2, 0.25) is 0 Å². The van der Waals surface area contributed by atoms with Gasteiger partial charge in [0.05, 0.1) is 13.2 Å².